The molecule has 4 heteroatoms. The van der Waals surface area contributed by atoms with Gasteiger partial charge in [-0.3, -0.25) is 4.79 Å². The van der Waals surface area contributed by atoms with Crippen LogP contribution in [-0.4, -0.2) is 11.7 Å². The second-order valence-electron chi connectivity index (χ2n) is 6.22. The number of carbonyl (C=O) groups excluding carboxylic acids is 1. The van der Waals surface area contributed by atoms with Crippen LogP contribution in [0.15, 0.2) is 35.2 Å². The first-order chi connectivity index (χ1) is 11.3. The average molecular weight is 362 g/mol. The van der Waals surface area contributed by atoms with Gasteiger partial charge in [0, 0.05) is 9.92 Å². The Morgan fingerprint density at radius 3 is 2.33 bits per heavy atom. The van der Waals surface area contributed by atoms with E-state index in [1.54, 1.807) is 11.8 Å². The van der Waals surface area contributed by atoms with Gasteiger partial charge in [-0.1, -0.05) is 29.8 Å². The van der Waals surface area contributed by atoms with Gasteiger partial charge in [0.05, 0.1) is 11.8 Å². The highest BCUT2D eigenvalue weighted by Crippen LogP contribution is 2.30. The highest BCUT2D eigenvalue weighted by molar-refractivity contribution is 8.00. The predicted octanol–water partition coefficient (Wildman–Crippen LogP) is 5.54. The number of hydrogen-bond acceptors (Lipinski definition) is 2. The number of aryl methyl sites for hydroxylation is 2. The van der Waals surface area contributed by atoms with Gasteiger partial charge in [-0.05, 0) is 74.6 Å². The summed E-state index contributed by atoms with van der Waals surface area (Å²) in [6.07, 6.45) is 0. The molecule has 0 bridgehead atoms. The van der Waals surface area contributed by atoms with E-state index in [9.17, 15) is 4.79 Å². The van der Waals surface area contributed by atoms with Gasteiger partial charge in [0.2, 0.25) is 5.91 Å². The fourth-order valence-electron chi connectivity index (χ4n) is 2.68. The number of nitrogens with one attached hydrogen (secondary N) is 1. The summed E-state index contributed by atoms with van der Waals surface area (Å²) in [5, 5.41) is 3.73. The fourth-order valence-corrected chi connectivity index (χ4v) is 3.99. The smallest absolute Gasteiger partial charge is 0.230 e. The molecule has 2 nitrogen and oxygen atoms in total. The molecular formula is C20H24ClNOS. The molecule has 0 heterocycles. The number of thioether (sulfide) groups is 1. The van der Waals surface area contributed by atoms with Crippen molar-refractivity contribution in [3.05, 3.63) is 63.2 Å². The topological polar surface area (TPSA) is 29.1 Å². The lowest BCUT2D eigenvalue weighted by molar-refractivity contribution is -0.119. The van der Waals surface area contributed by atoms with E-state index in [4.69, 9.17) is 11.6 Å². The molecule has 0 aliphatic rings. The van der Waals surface area contributed by atoms with Crippen molar-refractivity contribution in [2.75, 3.05) is 5.75 Å². The first-order valence-electron chi connectivity index (χ1n) is 8.04. The van der Waals surface area contributed by atoms with Gasteiger partial charge < -0.3 is 5.32 Å². The summed E-state index contributed by atoms with van der Waals surface area (Å²) >= 11 is 7.63. The third-order valence-corrected chi connectivity index (χ3v) is 5.91. The van der Waals surface area contributed by atoms with Crippen molar-refractivity contribution in [1.82, 2.24) is 5.32 Å². The van der Waals surface area contributed by atoms with Gasteiger partial charge in [-0.2, -0.15) is 0 Å². The van der Waals surface area contributed by atoms with E-state index in [0.29, 0.717) is 10.8 Å². The van der Waals surface area contributed by atoms with Crippen molar-refractivity contribution in [1.29, 1.82) is 0 Å². The van der Waals surface area contributed by atoms with Crippen molar-refractivity contribution >= 4 is 29.3 Å². The molecule has 0 aliphatic carbocycles. The summed E-state index contributed by atoms with van der Waals surface area (Å²) in [6, 6.07) is 9.74. The van der Waals surface area contributed by atoms with Crippen LogP contribution in [0.2, 0.25) is 5.02 Å². The minimum Gasteiger partial charge on any atom is -0.349 e. The van der Waals surface area contributed by atoms with E-state index in [1.807, 2.05) is 31.2 Å². The van der Waals surface area contributed by atoms with Gasteiger partial charge >= 0.3 is 0 Å². The van der Waals surface area contributed by atoms with E-state index in [1.165, 1.54) is 27.1 Å². The summed E-state index contributed by atoms with van der Waals surface area (Å²) < 4.78 is 0. The minimum atomic E-state index is -0.0572. The zero-order valence-corrected chi connectivity index (χ0v) is 16.4. The number of rotatable bonds is 5. The van der Waals surface area contributed by atoms with Gasteiger partial charge in [0.15, 0.2) is 0 Å². The summed E-state index contributed by atoms with van der Waals surface area (Å²) in [7, 11) is 0. The summed E-state index contributed by atoms with van der Waals surface area (Å²) in [5.41, 5.74) is 6.08. The molecule has 0 fully saturated rings. The molecule has 0 spiro atoms. The van der Waals surface area contributed by atoms with E-state index in [0.717, 1.165) is 5.56 Å². The highest BCUT2D eigenvalue weighted by atomic mass is 35.5. The Hall–Kier alpha value is -1.45. The zero-order chi connectivity index (χ0) is 17.9. The first kappa shape index (κ1) is 18.9. The van der Waals surface area contributed by atoms with Crippen LogP contribution in [0.4, 0.5) is 0 Å². The quantitative estimate of drug-likeness (QED) is 0.708. The van der Waals surface area contributed by atoms with Crippen LogP contribution in [0.5, 0.6) is 0 Å². The summed E-state index contributed by atoms with van der Waals surface area (Å²) in [5.74, 6) is 0.445. The van der Waals surface area contributed by atoms with Crippen LogP contribution >= 0.6 is 23.4 Å². The molecule has 24 heavy (non-hydrogen) atoms. The molecule has 2 rings (SSSR count). The average Bonchev–Trinajstić information content (AvgIpc) is 2.53. The Kier molecular flexibility index (Phi) is 6.36. The van der Waals surface area contributed by atoms with Gasteiger partial charge in [0.25, 0.3) is 0 Å². The van der Waals surface area contributed by atoms with Crippen molar-refractivity contribution in [2.45, 2.75) is 45.6 Å². The van der Waals surface area contributed by atoms with Gasteiger partial charge in [-0.25, -0.2) is 0 Å². The van der Waals surface area contributed by atoms with Crippen LogP contribution in [0, 0.1) is 27.7 Å². The molecule has 0 aromatic heterocycles. The Morgan fingerprint density at radius 1 is 1.12 bits per heavy atom. The summed E-state index contributed by atoms with van der Waals surface area (Å²) in [6.45, 7) is 10.5. The molecule has 0 saturated heterocycles. The number of carbonyl (C=O) groups is 1. The molecular weight excluding hydrogens is 338 g/mol. The molecule has 0 radical (unpaired) electrons. The molecule has 0 unspecified atom stereocenters. The van der Waals surface area contributed by atoms with E-state index >= 15 is 0 Å². The van der Waals surface area contributed by atoms with Crippen molar-refractivity contribution < 1.29 is 4.79 Å². The standard InChI is InChI=1S/C20H24ClNOS/c1-12-9-13(2)15(4)20(14(12)3)24-11-19(23)22-16(5)17-7-6-8-18(21)10-17/h6-10,16H,11H2,1-5H3,(H,22,23)/t16-/m0/s1. The number of amides is 1. The third kappa shape index (κ3) is 4.55. The van der Waals surface area contributed by atoms with Crippen LogP contribution in [0.3, 0.4) is 0 Å². The summed E-state index contributed by atoms with van der Waals surface area (Å²) in [4.78, 5) is 13.5. The maximum absolute atomic E-state index is 12.3. The predicted molar refractivity (Wildman–Crippen MR) is 104 cm³/mol. The van der Waals surface area contributed by atoms with Gasteiger partial charge in [0.1, 0.15) is 0 Å². The Labute approximate surface area is 154 Å². The first-order valence-corrected chi connectivity index (χ1v) is 9.41. The fraction of sp³-hybridized carbons (Fsp3) is 0.350. The van der Waals surface area contributed by atoms with Crippen molar-refractivity contribution in [2.24, 2.45) is 0 Å². The Balaban J connectivity index is 2.01. The molecule has 2 aromatic rings. The third-order valence-electron chi connectivity index (χ3n) is 4.37. The normalized spacial score (nSPS) is 12.1. The monoisotopic (exact) mass is 361 g/mol. The zero-order valence-electron chi connectivity index (χ0n) is 14.9. The van der Waals surface area contributed by atoms with Crippen molar-refractivity contribution in [3.8, 4) is 0 Å². The molecule has 1 N–H and O–H groups in total. The number of hydrogen-bond donors (Lipinski definition) is 1. The van der Waals surface area contributed by atoms with Crippen molar-refractivity contribution in [3.63, 3.8) is 0 Å². The number of benzene rings is 2. The lowest BCUT2D eigenvalue weighted by Gasteiger charge is -2.17. The largest absolute Gasteiger partial charge is 0.349 e. The second kappa shape index (κ2) is 8.09. The van der Waals surface area contributed by atoms with Crippen LogP contribution in [0.1, 0.15) is 40.8 Å². The highest BCUT2D eigenvalue weighted by Gasteiger charge is 2.13. The van der Waals surface area contributed by atoms with Gasteiger partial charge in [-0.15, -0.1) is 11.8 Å². The van der Waals surface area contributed by atoms with Crippen LogP contribution in [0.25, 0.3) is 0 Å². The van der Waals surface area contributed by atoms with Crippen LogP contribution < -0.4 is 5.32 Å². The van der Waals surface area contributed by atoms with E-state index in [2.05, 4.69) is 39.1 Å². The molecule has 0 aliphatic heterocycles. The molecule has 128 valence electrons. The second-order valence-corrected chi connectivity index (χ2v) is 7.64. The molecule has 2 aromatic carbocycles. The lowest BCUT2D eigenvalue weighted by Crippen LogP contribution is -2.28. The maximum atomic E-state index is 12.3. The van der Waals surface area contributed by atoms with Crippen LogP contribution in [-0.2, 0) is 4.79 Å². The Morgan fingerprint density at radius 2 is 1.75 bits per heavy atom. The Bertz CT molecular complexity index is 731. The molecule has 0 saturated carbocycles. The van der Waals surface area contributed by atoms with E-state index < -0.39 is 0 Å². The van der Waals surface area contributed by atoms with E-state index in [-0.39, 0.29) is 11.9 Å². The minimum absolute atomic E-state index is 0.0328. The number of halogens is 1. The maximum Gasteiger partial charge on any atom is 0.230 e. The SMILES string of the molecule is Cc1cc(C)c(C)c(SCC(=O)N[C@@H](C)c2cccc(Cl)c2)c1C. The molecule has 1 atom stereocenters. The molecule has 1 amide bonds. The lowest BCUT2D eigenvalue weighted by atomic mass is 10.0.